The van der Waals surface area contributed by atoms with Crippen molar-refractivity contribution in [1.82, 2.24) is 10.2 Å². The Bertz CT molecular complexity index is 1420. The minimum atomic E-state index is -4.17. The van der Waals surface area contributed by atoms with Crippen molar-refractivity contribution < 1.29 is 22.4 Å². The predicted molar refractivity (Wildman–Crippen MR) is 156 cm³/mol. The van der Waals surface area contributed by atoms with Gasteiger partial charge in [0.05, 0.1) is 10.6 Å². The van der Waals surface area contributed by atoms with E-state index in [0.29, 0.717) is 5.69 Å². The van der Waals surface area contributed by atoms with Crippen LogP contribution in [0.3, 0.4) is 0 Å². The Morgan fingerprint density at radius 1 is 0.875 bits per heavy atom. The van der Waals surface area contributed by atoms with Gasteiger partial charge in [0.2, 0.25) is 11.8 Å². The highest BCUT2D eigenvalue weighted by Crippen LogP contribution is 2.27. The highest BCUT2D eigenvalue weighted by molar-refractivity contribution is 7.92. The first-order valence-electron chi connectivity index (χ1n) is 13.3. The third kappa shape index (κ3) is 7.47. The van der Waals surface area contributed by atoms with E-state index in [0.717, 1.165) is 15.4 Å². The minimum absolute atomic E-state index is 0.0325. The molecule has 1 N–H and O–H groups in total. The van der Waals surface area contributed by atoms with Gasteiger partial charge in [0.1, 0.15) is 18.4 Å². The number of benzene rings is 3. The lowest BCUT2D eigenvalue weighted by Gasteiger charge is -2.32. The van der Waals surface area contributed by atoms with Crippen molar-refractivity contribution in [1.29, 1.82) is 0 Å². The number of carbonyl (C=O) groups is 2. The van der Waals surface area contributed by atoms with Gasteiger partial charge in [-0.15, -0.1) is 0 Å². The fourth-order valence-corrected chi connectivity index (χ4v) is 5.60. The molecule has 3 aromatic carbocycles. The Balaban J connectivity index is 2.06. The Hall–Kier alpha value is -3.72. The Morgan fingerprint density at radius 3 is 2.02 bits per heavy atom. The molecule has 0 bridgehead atoms. The van der Waals surface area contributed by atoms with Gasteiger partial charge < -0.3 is 10.2 Å². The van der Waals surface area contributed by atoms with Crippen molar-refractivity contribution in [2.45, 2.75) is 71.0 Å². The fraction of sp³-hybridized carbons (Fsp3) is 0.355. The molecule has 0 fully saturated rings. The molecule has 0 spiro atoms. The molecule has 0 saturated heterocycles. The second-order valence-electron chi connectivity index (χ2n) is 10.5. The Morgan fingerprint density at radius 2 is 1.48 bits per heavy atom. The maximum atomic E-state index is 14.6. The maximum absolute atomic E-state index is 14.6. The van der Waals surface area contributed by atoms with Gasteiger partial charge in [0.25, 0.3) is 10.0 Å². The van der Waals surface area contributed by atoms with E-state index in [2.05, 4.69) is 5.32 Å². The van der Waals surface area contributed by atoms with Gasteiger partial charge in [0.15, 0.2) is 0 Å². The molecule has 40 heavy (non-hydrogen) atoms. The predicted octanol–water partition coefficient (Wildman–Crippen LogP) is 5.39. The number of hydrogen-bond acceptors (Lipinski definition) is 4. The third-order valence-electron chi connectivity index (χ3n) is 6.63. The van der Waals surface area contributed by atoms with Crippen molar-refractivity contribution in [3.63, 3.8) is 0 Å². The second-order valence-corrected chi connectivity index (χ2v) is 12.4. The summed E-state index contributed by atoms with van der Waals surface area (Å²) in [6.45, 7) is 10.3. The van der Waals surface area contributed by atoms with Crippen molar-refractivity contribution >= 4 is 27.5 Å². The maximum Gasteiger partial charge on any atom is 0.264 e. The molecule has 7 nitrogen and oxygen atoms in total. The van der Waals surface area contributed by atoms with E-state index in [1.807, 2.05) is 32.9 Å². The first-order valence-corrected chi connectivity index (χ1v) is 14.8. The molecule has 3 rings (SSSR count). The molecule has 0 aliphatic heterocycles. The lowest BCUT2D eigenvalue weighted by molar-refractivity contribution is -0.139. The van der Waals surface area contributed by atoms with Crippen LogP contribution in [0.2, 0.25) is 0 Å². The minimum Gasteiger partial charge on any atom is -0.352 e. The van der Waals surface area contributed by atoms with E-state index >= 15 is 0 Å². The number of anilines is 1. The molecule has 0 saturated carbocycles. The zero-order valence-electron chi connectivity index (χ0n) is 23.9. The van der Waals surface area contributed by atoms with Crippen LogP contribution < -0.4 is 9.62 Å². The van der Waals surface area contributed by atoms with E-state index in [4.69, 9.17) is 0 Å². The monoisotopic (exact) mass is 567 g/mol. The molecular weight excluding hydrogens is 529 g/mol. The van der Waals surface area contributed by atoms with E-state index in [9.17, 15) is 22.4 Å². The number of rotatable bonds is 11. The largest absolute Gasteiger partial charge is 0.352 e. The summed E-state index contributed by atoms with van der Waals surface area (Å²) in [4.78, 5) is 28.1. The number of nitrogens with zero attached hydrogens (tertiary/aromatic N) is 2. The van der Waals surface area contributed by atoms with Crippen LogP contribution in [-0.4, -0.2) is 43.8 Å². The van der Waals surface area contributed by atoms with Gasteiger partial charge in [-0.25, -0.2) is 12.8 Å². The van der Waals surface area contributed by atoms with Crippen molar-refractivity contribution in [2.75, 3.05) is 10.8 Å². The highest BCUT2D eigenvalue weighted by Gasteiger charge is 2.33. The number of aryl methyl sites for hydroxylation is 1. The van der Waals surface area contributed by atoms with Gasteiger partial charge in [-0.1, -0.05) is 61.9 Å². The van der Waals surface area contributed by atoms with Gasteiger partial charge in [-0.3, -0.25) is 13.9 Å². The van der Waals surface area contributed by atoms with E-state index in [-0.39, 0.29) is 29.0 Å². The number of carbonyl (C=O) groups excluding carboxylic acids is 2. The summed E-state index contributed by atoms with van der Waals surface area (Å²) in [7, 11) is -4.17. The smallest absolute Gasteiger partial charge is 0.264 e. The summed E-state index contributed by atoms with van der Waals surface area (Å²) >= 11 is 0. The lowest BCUT2D eigenvalue weighted by atomic mass is 10.0. The highest BCUT2D eigenvalue weighted by atomic mass is 32.2. The molecular formula is C31H38FN3O4S. The molecule has 0 aliphatic rings. The van der Waals surface area contributed by atoms with Gasteiger partial charge in [-0.2, -0.15) is 0 Å². The summed E-state index contributed by atoms with van der Waals surface area (Å²) in [6, 6.07) is 18.2. The molecule has 3 aromatic rings. The molecule has 0 aliphatic carbocycles. The SMILES string of the molecule is Cc1ccc(S(=O)(=O)N(CC(=O)N(Cc2ccccc2F)[C@H](C)C(=O)NC(C)C)c2ccc(C(C)C)cc2)cc1. The number of nitrogens with one attached hydrogen (secondary N) is 1. The van der Waals surface area contributed by atoms with E-state index in [1.54, 1.807) is 51.1 Å². The quantitative estimate of drug-likeness (QED) is 0.336. The average Bonchev–Trinajstić information content (AvgIpc) is 2.90. The topological polar surface area (TPSA) is 86.8 Å². The van der Waals surface area contributed by atoms with Gasteiger partial charge >= 0.3 is 0 Å². The molecule has 1 atom stereocenters. The van der Waals surface area contributed by atoms with Crippen molar-refractivity contribution in [3.05, 3.63) is 95.3 Å². The molecule has 0 aromatic heterocycles. The van der Waals surface area contributed by atoms with Crippen LogP contribution in [0, 0.1) is 12.7 Å². The van der Waals surface area contributed by atoms with Crippen LogP contribution in [0.5, 0.6) is 0 Å². The standard InChI is InChI=1S/C31H38FN3O4S/c1-21(2)25-13-15-27(16-14-25)35(40(38,39)28-17-11-23(5)12-18-28)20-30(36)34(24(6)31(37)33-22(3)4)19-26-9-7-8-10-29(26)32/h7-18,21-22,24H,19-20H2,1-6H3,(H,33,37)/t24-/m1/s1. The fourth-order valence-electron chi connectivity index (χ4n) is 4.19. The van der Waals surface area contributed by atoms with Gasteiger partial charge in [0, 0.05) is 18.2 Å². The van der Waals surface area contributed by atoms with Gasteiger partial charge in [-0.05, 0) is 69.5 Å². The summed E-state index contributed by atoms with van der Waals surface area (Å²) < 4.78 is 43.5. The summed E-state index contributed by atoms with van der Waals surface area (Å²) in [5, 5.41) is 2.78. The number of amides is 2. The van der Waals surface area contributed by atoms with Crippen LogP contribution in [-0.2, 0) is 26.2 Å². The normalized spacial score (nSPS) is 12.3. The van der Waals surface area contributed by atoms with Crippen LogP contribution in [0.1, 0.15) is 57.2 Å². The van der Waals surface area contributed by atoms with Crippen LogP contribution in [0.15, 0.2) is 77.7 Å². The lowest BCUT2D eigenvalue weighted by Crippen LogP contribution is -2.52. The number of halogens is 1. The number of sulfonamides is 1. The number of hydrogen-bond donors (Lipinski definition) is 1. The molecule has 0 radical (unpaired) electrons. The molecule has 214 valence electrons. The Labute approximate surface area is 237 Å². The van der Waals surface area contributed by atoms with Crippen LogP contribution in [0.4, 0.5) is 10.1 Å². The summed E-state index contributed by atoms with van der Waals surface area (Å²) in [6.07, 6.45) is 0. The average molecular weight is 568 g/mol. The zero-order valence-corrected chi connectivity index (χ0v) is 24.7. The van der Waals surface area contributed by atoms with E-state index < -0.39 is 40.2 Å². The first kappa shape index (κ1) is 30.8. The summed E-state index contributed by atoms with van der Waals surface area (Å²) in [5.41, 5.74) is 2.43. The zero-order chi connectivity index (χ0) is 29.6. The van der Waals surface area contributed by atoms with Crippen LogP contribution in [0.25, 0.3) is 0 Å². The second kappa shape index (κ2) is 13.1. The van der Waals surface area contributed by atoms with Crippen molar-refractivity contribution in [2.24, 2.45) is 0 Å². The van der Waals surface area contributed by atoms with Crippen molar-refractivity contribution in [3.8, 4) is 0 Å². The molecule has 9 heteroatoms. The van der Waals surface area contributed by atoms with Crippen LogP contribution >= 0.6 is 0 Å². The van der Waals surface area contributed by atoms with E-state index in [1.165, 1.54) is 35.2 Å². The summed E-state index contributed by atoms with van der Waals surface area (Å²) in [5.74, 6) is -1.35. The first-order chi connectivity index (χ1) is 18.8. The molecule has 0 heterocycles. The molecule has 0 unspecified atom stereocenters. The Kier molecular flexibility index (Phi) is 10.1. The third-order valence-corrected chi connectivity index (χ3v) is 8.42. The molecule has 2 amide bonds.